The van der Waals surface area contributed by atoms with Gasteiger partial charge in [0.2, 0.25) is 0 Å². The summed E-state index contributed by atoms with van der Waals surface area (Å²) in [5.74, 6) is -1.55. The number of carboxylic acids is 1. The Hall–Kier alpha value is -1.20. The van der Waals surface area contributed by atoms with Gasteiger partial charge in [0.25, 0.3) is 0 Å². The second-order valence-corrected chi connectivity index (χ2v) is 6.16. The zero-order valence-electron chi connectivity index (χ0n) is 10.8. The van der Waals surface area contributed by atoms with Crippen molar-refractivity contribution >= 4 is 37.8 Å². The van der Waals surface area contributed by atoms with Crippen LogP contribution >= 0.6 is 31.9 Å². The lowest BCUT2D eigenvalue weighted by Crippen LogP contribution is -2.17. The summed E-state index contributed by atoms with van der Waals surface area (Å²) < 4.78 is 1.68. The number of aryl methyl sites for hydroxylation is 1. The number of carboxylic acid groups (broad SMARTS) is 1. The Bertz CT molecular complexity index is 644. The molecule has 5 heteroatoms. The van der Waals surface area contributed by atoms with Crippen molar-refractivity contribution in [1.82, 2.24) is 4.98 Å². The summed E-state index contributed by atoms with van der Waals surface area (Å²) in [5, 5.41) is 9.52. The highest BCUT2D eigenvalue weighted by Gasteiger charge is 2.25. The summed E-state index contributed by atoms with van der Waals surface area (Å²) in [6, 6.07) is 9.49. The van der Waals surface area contributed by atoms with Crippen LogP contribution in [-0.4, -0.2) is 16.1 Å². The normalized spacial score (nSPS) is 12.2. The topological polar surface area (TPSA) is 50.2 Å². The predicted octanol–water partition coefficient (Wildman–Crippen LogP) is 4.33. The molecule has 0 saturated carbocycles. The van der Waals surface area contributed by atoms with Crippen molar-refractivity contribution in [3.05, 3.63) is 62.3 Å². The monoisotopic (exact) mass is 397 g/mol. The van der Waals surface area contributed by atoms with Gasteiger partial charge in [-0.3, -0.25) is 9.78 Å². The van der Waals surface area contributed by atoms with E-state index in [-0.39, 0.29) is 0 Å². The van der Waals surface area contributed by atoms with Gasteiger partial charge in [-0.05, 0) is 52.5 Å². The third-order valence-electron chi connectivity index (χ3n) is 3.12. The average Bonchev–Trinajstić information content (AvgIpc) is 2.41. The molecule has 20 heavy (non-hydrogen) atoms. The maximum atomic E-state index is 11.6. The van der Waals surface area contributed by atoms with E-state index in [1.165, 1.54) is 0 Å². The van der Waals surface area contributed by atoms with Crippen molar-refractivity contribution in [3.8, 4) is 0 Å². The predicted molar refractivity (Wildman–Crippen MR) is 84.9 cm³/mol. The fraction of sp³-hybridized carbons (Fsp3) is 0.200. The fourth-order valence-electron chi connectivity index (χ4n) is 1.99. The first-order valence-corrected chi connectivity index (χ1v) is 7.66. The quantitative estimate of drug-likeness (QED) is 0.833. The largest absolute Gasteiger partial charge is 0.481 e. The van der Waals surface area contributed by atoms with E-state index in [4.69, 9.17) is 0 Å². The molecule has 1 unspecified atom stereocenters. The number of benzene rings is 1. The number of aliphatic carboxylic acids is 1. The summed E-state index contributed by atoms with van der Waals surface area (Å²) in [7, 11) is 0. The summed E-state index contributed by atoms with van der Waals surface area (Å²) in [6.45, 7) is 1.92. The molecular formula is C15H13Br2NO2. The van der Waals surface area contributed by atoms with Crippen LogP contribution in [0.5, 0.6) is 0 Å². The maximum Gasteiger partial charge on any atom is 0.312 e. The summed E-state index contributed by atoms with van der Waals surface area (Å²) in [5.41, 5.74) is 2.50. The Morgan fingerprint density at radius 1 is 1.30 bits per heavy atom. The Morgan fingerprint density at radius 3 is 2.65 bits per heavy atom. The smallest absolute Gasteiger partial charge is 0.312 e. The van der Waals surface area contributed by atoms with Crippen LogP contribution in [0.2, 0.25) is 0 Å². The van der Waals surface area contributed by atoms with Crippen LogP contribution in [0.3, 0.4) is 0 Å². The number of pyridine rings is 1. The minimum Gasteiger partial charge on any atom is -0.481 e. The molecule has 0 amide bonds. The van der Waals surface area contributed by atoms with Gasteiger partial charge in [-0.2, -0.15) is 0 Å². The van der Waals surface area contributed by atoms with Crippen molar-refractivity contribution in [1.29, 1.82) is 0 Å². The number of rotatable bonds is 4. The molecule has 1 aromatic carbocycles. The molecule has 0 aliphatic rings. The summed E-state index contributed by atoms with van der Waals surface area (Å²) >= 11 is 6.90. The highest BCUT2D eigenvalue weighted by molar-refractivity contribution is 9.10. The molecule has 2 aromatic rings. The molecule has 1 aromatic heterocycles. The molecule has 0 fully saturated rings. The van der Waals surface area contributed by atoms with Gasteiger partial charge in [-0.1, -0.05) is 34.1 Å². The molecule has 104 valence electrons. The van der Waals surface area contributed by atoms with E-state index in [0.29, 0.717) is 12.1 Å². The van der Waals surface area contributed by atoms with E-state index in [1.54, 1.807) is 6.20 Å². The van der Waals surface area contributed by atoms with E-state index in [9.17, 15) is 9.90 Å². The first-order valence-electron chi connectivity index (χ1n) is 6.08. The van der Waals surface area contributed by atoms with Crippen molar-refractivity contribution in [2.24, 2.45) is 0 Å². The van der Waals surface area contributed by atoms with Crippen LogP contribution in [0, 0.1) is 6.92 Å². The number of halogens is 2. The van der Waals surface area contributed by atoms with Gasteiger partial charge in [0.1, 0.15) is 5.92 Å². The molecular weight excluding hydrogens is 386 g/mol. The Morgan fingerprint density at radius 2 is 2.00 bits per heavy atom. The van der Waals surface area contributed by atoms with Crippen LogP contribution in [0.15, 0.2) is 45.5 Å². The summed E-state index contributed by atoms with van der Waals surface area (Å²) in [4.78, 5) is 15.8. The van der Waals surface area contributed by atoms with Crippen molar-refractivity contribution in [2.45, 2.75) is 19.3 Å². The van der Waals surface area contributed by atoms with Gasteiger partial charge in [0.05, 0.1) is 5.69 Å². The molecule has 2 rings (SSSR count). The zero-order chi connectivity index (χ0) is 14.7. The Kier molecular flexibility index (Phi) is 4.94. The van der Waals surface area contributed by atoms with Gasteiger partial charge in [0, 0.05) is 15.1 Å². The molecule has 1 heterocycles. The Balaban J connectivity index is 2.40. The van der Waals surface area contributed by atoms with Gasteiger partial charge in [0.15, 0.2) is 0 Å². The summed E-state index contributed by atoms with van der Waals surface area (Å²) in [6.07, 6.45) is 2.04. The lowest BCUT2D eigenvalue weighted by molar-refractivity contribution is -0.138. The number of aromatic nitrogens is 1. The van der Waals surface area contributed by atoms with Crippen molar-refractivity contribution in [2.75, 3.05) is 0 Å². The van der Waals surface area contributed by atoms with Gasteiger partial charge in [-0.25, -0.2) is 0 Å². The van der Waals surface area contributed by atoms with Crippen LogP contribution in [-0.2, 0) is 11.2 Å². The molecule has 1 atom stereocenters. The number of nitrogens with zero attached hydrogens (tertiary/aromatic N) is 1. The molecule has 0 spiro atoms. The van der Waals surface area contributed by atoms with Crippen LogP contribution < -0.4 is 0 Å². The molecule has 0 aliphatic carbocycles. The number of hydrogen-bond donors (Lipinski definition) is 1. The lowest BCUT2D eigenvalue weighted by Gasteiger charge is -2.15. The highest BCUT2D eigenvalue weighted by atomic mass is 79.9. The number of carbonyl (C=O) groups is 1. The van der Waals surface area contributed by atoms with E-state index in [2.05, 4.69) is 36.8 Å². The molecule has 0 saturated heterocycles. The van der Waals surface area contributed by atoms with E-state index in [0.717, 1.165) is 20.1 Å². The molecule has 0 aliphatic heterocycles. The van der Waals surface area contributed by atoms with E-state index < -0.39 is 11.9 Å². The molecule has 0 radical (unpaired) electrons. The van der Waals surface area contributed by atoms with Crippen molar-refractivity contribution in [3.63, 3.8) is 0 Å². The third-order valence-corrected chi connectivity index (χ3v) is 4.92. The molecule has 1 N–H and O–H groups in total. The Labute approximate surface area is 134 Å². The SMILES string of the molecule is Cc1ccnc(C(Cc2ccccc2Br)C(=O)O)c1Br. The molecule has 0 bridgehead atoms. The second kappa shape index (κ2) is 6.50. The van der Waals surface area contributed by atoms with Crippen molar-refractivity contribution < 1.29 is 9.90 Å². The lowest BCUT2D eigenvalue weighted by atomic mass is 9.95. The first-order chi connectivity index (χ1) is 9.50. The van der Waals surface area contributed by atoms with Gasteiger partial charge < -0.3 is 5.11 Å². The maximum absolute atomic E-state index is 11.6. The van der Waals surface area contributed by atoms with Crippen LogP contribution in [0.25, 0.3) is 0 Å². The number of hydrogen-bond acceptors (Lipinski definition) is 2. The minimum atomic E-state index is -0.875. The third kappa shape index (κ3) is 3.27. The fourth-order valence-corrected chi connectivity index (χ4v) is 2.95. The zero-order valence-corrected chi connectivity index (χ0v) is 14.0. The van der Waals surface area contributed by atoms with Gasteiger partial charge >= 0.3 is 5.97 Å². The minimum absolute atomic E-state index is 0.395. The molecule has 3 nitrogen and oxygen atoms in total. The van der Waals surface area contributed by atoms with Crippen LogP contribution in [0.1, 0.15) is 22.7 Å². The average molecular weight is 399 g/mol. The van der Waals surface area contributed by atoms with Gasteiger partial charge in [-0.15, -0.1) is 0 Å². The first kappa shape index (κ1) is 15.2. The second-order valence-electron chi connectivity index (χ2n) is 4.51. The van der Waals surface area contributed by atoms with Crippen LogP contribution in [0.4, 0.5) is 0 Å². The standard InChI is InChI=1S/C15H13Br2NO2/c1-9-6-7-18-14(13(9)17)11(15(19)20)8-10-4-2-3-5-12(10)16/h2-7,11H,8H2,1H3,(H,19,20). The van der Waals surface area contributed by atoms with E-state index in [1.807, 2.05) is 37.3 Å². The highest BCUT2D eigenvalue weighted by Crippen LogP contribution is 2.30. The van der Waals surface area contributed by atoms with E-state index >= 15 is 0 Å².